The van der Waals surface area contributed by atoms with Crippen molar-refractivity contribution in [3.8, 4) is 6.07 Å². The monoisotopic (exact) mass is 264 g/mol. The van der Waals surface area contributed by atoms with Crippen LogP contribution in [0.25, 0.3) is 5.70 Å². The number of hydrogen-bond acceptors (Lipinski definition) is 2. The lowest BCUT2D eigenvalue weighted by Crippen LogP contribution is -2.00. The molecular formula is C12H13BrN2. The maximum atomic E-state index is 8.88. The lowest BCUT2D eigenvalue weighted by atomic mass is 10.0. The Kier molecular flexibility index (Phi) is 3.93. The Morgan fingerprint density at radius 1 is 1.53 bits per heavy atom. The first kappa shape index (κ1) is 11.8. The zero-order valence-corrected chi connectivity index (χ0v) is 10.4. The minimum atomic E-state index is 0.579. The van der Waals surface area contributed by atoms with E-state index in [-0.39, 0.29) is 0 Å². The summed E-state index contributed by atoms with van der Waals surface area (Å²) in [5.74, 6) is 0. The summed E-state index contributed by atoms with van der Waals surface area (Å²) in [5, 5.41) is 8.88. The van der Waals surface area contributed by atoms with Gasteiger partial charge in [0, 0.05) is 4.47 Å². The van der Waals surface area contributed by atoms with Crippen LogP contribution in [0.2, 0.25) is 0 Å². The molecule has 1 aromatic rings. The molecule has 0 aliphatic rings. The molecule has 0 radical (unpaired) electrons. The Morgan fingerprint density at radius 3 is 2.67 bits per heavy atom. The van der Waals surface area contributed by atoms with Crippen molar-refractivity contribution in [1.82, 2.24) is 0 Å². The number of nitrogens with zero attached hydrogens (tertiary/aromatic N) is 1. The van der Waals surface area contributed by atoms with Crippen LogP contribution in [0, 0.1) is 18.3 Å². The summed E-state index contributed by atoms with van der Waals surface area (Å²) < 4.78 is 1.05. The molecule has 0 atom stereocenters. The largest absolute Gasteiger partial charge is 0.397 e. The van der Waals surface area contributed by atoms with Crippen molar-refractivity contribution in [3.63, 3.8) is 0 Å². The summed E-state index contributed by atoms with van der Waals surface area (Å²) in [6, 6.07) is 7.97. The highest BCUT2D eigenvalue weighted by Crippen LogP contribution is 2.22. The number of hydrogen-bond donors (Lipinski definition) is 1. The van der Waals surface area contributed by atoms with Crippen LogP contribution in [-0.4, -0.2) is 0 Å². The third kappa shape index (κ3) is 2.60. The second-order valence-corrected chi connectivity index (χ2v) is 4.18. The standard InChI is InChI=1S/C12H13BrN2/c1-3-9(7-14)12(15)10-4-5-11(13)8(2)6-10/h4-6H,3,15H2,1-2H3/b12-9-. The number of benzene rings is 1. The summed E-state index contributed by atoms with van der Waals surface area (Å²) in [6.45, 7) is 3.93. The van der Waals surface area contributed by atoms with Crippen molar-refractivity contribution in [2.75, 3.05) is 0 Å². The van der Waals surface area contributed by atoms with E-state index < -0.39 is 0 Å². The second-order valence-electron chi connectivity index (χ2n) is 3.32. The van der Waals surface area contributed by atoms with E-state index in [2.05, 4.69) is 22.0 Å². The van der Waals surface area contributed by atoms with E-state index in [1.807, 2.05) is 32.0 Å². The molecule has 1 aromatic carbocycles. The first-order valence-corrected chi connectivity index (χ1v) is 5.54. The van der Waals surface area contributed by atoms with Gasteiger partial charge in [0.2, 0.25) is 0 Å². The molecule has 15 heavy (non-hydrogen) atoms. The number of allylic oxidation sites excluding steroid dienone is 1. The van der Waals surface area contributed by atoms with Gasteiger partial charge >= 0.3 is 0 Å². The third-order valence-electron chi connectivity index (χ3n) is 2.28. The van der Waals surface area contributed by atoms with Crippen molar-refractivity contribution in [3.05, 3.63) is 39.4 Å². The first-order valence-electron chi connectivity index (χ1n) is 4.75. The van der Waals surface area contributed by atoms with Gasteiger partial charge in [0.25, 0.3) is 0 Å². The quantitative estimate of drug-likeness (QED) is 0.833. The van der Waals surface area contributed by atoms with Crippen LogP contribution in [0.5, 0.6) is 0 Å². The summed E-state index contributed by atoms with van der Waals surface area (Å²) in [6.07, 6.45) is 0.664. The predicted octanol–water partition coefficient (Wildman–Crippen LogP) is 3.36. The molecule has 0 aliphatic carbocycles. The molecule has 0 heterocycles. The van der Waals surface area contributed by atoms with E-state index in [4.69, 9.17) is 11.0 Å². The molecule has 78 valence electrons. The Bertz CT molecular complexity index is 441. The lowest BCUT2D eigenvalue weighted by Gasteiger charge is -2.06. The van der Waals surface area contributed by atoms with E-state index in [1.165, 1.54) is 0 Å². The Labute approximate surface area is 98.5 Å². The predicted molar refractivity (Wildman–Crippen MR) is 65.9 cm³/mol. The lowest BCUT2D eigenvalue weighted by molar-refractivity contribution is 1.14. The number of nitriles is 1. The van der Waals surface area contributed by atoms with Gasteiger partial charge < -0.3 is 5.73 Å². The van der Waals surface area contributed by atoms with Gasteiger partial charge in [-0.05, 0) is 36.6 Å². The number of rotatable bonds is 2. The maximum absolute atomic E-state index is 8.88. The van der Waals surface area contributed by atoms with Gasteiger partial charge in [-0.15, -0.1) is 0 Å². The fraction of sp³-hybridized carbons (Fsp3) is 0.250. The minimum absolute atomic E-state index is 0.579. The summed E-state index contributed by atoms with van der Waals surface area (Å²) in [5.41, 5.74) is 9.16. The van der Waals surface area contributed by atoms with Crippen molar-refractivity contribution >= 4 is 21.6 Å². The highest BCUT2D eigenvalue weighted by molar-refractivity contribution is 9.10. The first-order chi connectivity index (χ1) is 7.10. The zero-order valence-electron chi connectivity index (χ0n) is 8.84. The van der Waals surface area contributed by atoms with Gasteiger partial charge in [-0.1, -0.05) is 28.9 Å². The van der Waals surface area contributed by atoms with Crippen LogP contribution in [-0.2, 0) is 0 Å². The summed E-state index contributed by atoms with van der Waals surface area (Å²) >= 11 is 3.43. The van der Waals surface area contributed by atoms with Crippen molar-refractivity contribution < 1.29 is 0 Å². The highest BCUT2D eigenvalue weighted by Gasteiger charge is 2.05. The molecule has 0 bridgehead atoms. The fourth-order valence-electron chi connectivity index (χ4n) is 1.32. The molecule has 0 spiro atoms. The summed E-state index contributed by atoms with van der Waals surface area (Å²) in [4.78, 5) is 0. The average Bonchev–Trinajstić information content (AvgIpc) is 2.23. The van der Waals surface area contributed by atoms with Gasteiger partial charge in [-0.25, -0.2) is 0 Å². The number of nitrogens with two attached hydrogens (primary N) is 1. The second kappa shape index (κ2) is 4.99. The van der Waals surface area contributed by atoms with Gasteiger partial charge in [-0.2, -0.15) is 5.26 Å². The molecule has 0 aliphatic heterocycles. The van der Waals surface area contributed by atoms with Crippen LogP contribution in [0.3, 0.4) is 0 Å². The highest BCUT2D eigenvalue weighted by atomic mass is 79.9. The molecule has 0 amide bonds. The van der Waals surface area contributed by atoms with Crippen LogP contribution in [0.1, 0.15) is 24.5 Å². The summed E-state index contributed by atoms with van der Waals surface area (Å²) in [7, 11) is 0. The SMILES string of the molecule is CC/C(C#N)=C(/N)c1ccc(Br)c(C)c1. The Morgan fingerprint density at radius 2 is 2.20 bits per heavy atom. The average molecular weight is 265 g/mol. The molecule has 2 nitrogen and oxygen atoms in total. The van der Waals surface area contributed by atoms with Gasteiger partial charge in [0.05, 0.1) is 17.3 Å². The third-order valence-corrected chi connectivity index (χ3v) is 3.17. The van der Waals surface area contributed by atoms with Crippen LogP contribution in [0.4, 0.5) is 0 Å². The zero-order chi connectivity index (χ0) is 11.4. The van der Waals surface area contributed by atoms with Crippen LogP contribution >= 0.6 is 15.9 Å². The molecule has 3 heteroatoms. The molecule has 1 rings (SSSR count). The molecular weight excluding hydrogens is 252 g/mol. The molecule has 0 unspecified atom stereocenters. The molecule has 0 aromatic heterocycles. The van der Waals surface area contributed by atoms with Crippen LogP contribution in [0.15, 0.2) is 28.2 Å². The van der Waals surface area contributed by atoms with E-state index in [9.17, 15) is 0 Å². The smallest absolute Gasteiger partial charge is 0.0968 e. The Hall–Kier alpha value is -1.27. The van der Waals surface area contributed by atoms with Crippen LogP contribution < -0.4 is 5.73 Å². The van der Waals surface area contributed by atoms with Crippen molar-refractivity contribution in [1.29, 1.82) is 5.26 Å². The molecule has 2 N–H and O–H groups in total. The topological polar surface area (TPSA) is 49.8 Å². The van der Waals surface area contributed by atoms with Gasteiger partial charge in [-0.3, -0.25) is 0 Å². The fourth-order valence-corrected chi connectivity index (χ4v) is 1.56. The normalized spacial score (nSPS) is 11.9. The van der Waals surface area contributed by atoms with E-state index in [1.54, 1.807) is 0 Å². The Balaban J connectivity index is 3.24. The van der Waals surface area contributed by atoms with E-state index in [0.717, 1.165) is 15.6 Å². The number of aryl methyl sites for hydroxylation is 1. The van der Waals surface area contributed by atoms with Gasteiger partial charge in [0.1, 0.15) is 0 Å². The van der Waals surface area contributed by atoms with Crippen molar-refractivity contribution in [2.24, 2.45) is 5.73 Å². The molecule has 0 saturated heterocycles. The molecule has 0 fully saturated rings. The minimum Gasteiger partial charge on any atom is -0.397 e. The number of halogens is 1. The van der Waals surface area contributed by atoms with E-state index in [0.29, 0.717) is 17.7 Å². The van der Waals surface area contributed by atoms with Gasteiger partial charge in [0.15, 0.2) is 0 Å². The van der Waals surface area contributed by atoms with E-state index >= 15 is 0 Å². The molecule has 0 saturated carbocycles. The maximum Gasteiger partial charge on any atom is 0.0968 e. The van der Waals surface area contributed by atoms with Crippen molar-refractivity contribution in [2.45, 2.75) is 20.3 Å².